The molecule has 38 heavy (non-hydrogen) atoms. The minimum absolute atomic E-state index is 0.0477. The number of benzene rings is 3. The number of fused-ring (bicyclic) bond motifs is 1. The van der Waals surface area contributed by atoms with Crippen LogP contribution in [0.2, 0.25) is 5.02 Å². The molecule has 1 heterocycles. The number of rotatable bonds is 9. The van der Waals surface area contributed by atoms with Crippen molar-refractivity contribution in [3.8, 4) is 17.2 Å². The van der Waals surface area contributed by atoms with Crippen LogP contribution in [0, 0.1) is 0 Å². The van der Waals surface area contributed by atoms with E-state index in [1.807, 2.05) is 0 Å². The van der Waals surface area contributed by atoms with Crippen molar-refractivity contribution in [2.24, 2.45) is 0 Å². The summed E-state index contributed by atoms with van der Waals surface area (Å²) in [6.07, 6.45) is -4.13. The highest BCUT2D eigenvalue weighted by Crippen LogP contribution is 2.39. The van der Waals surface area contributed by atoms with Crippen molar-refractivity contribution >= 4 is 28.9 Å². The van der Waals surface area contributed by atoms with Gasteiger partial charge in [-0.05, 0) is 36.2 Å². The fourth-order valence-corrected chi connectivity index (χ4v) is 4.48. The number of alkyl halides is 3. The molecule has 0 bridgehead atoms. The van der Waals surface area contributed by atoms with Crippen LogP contribution in [0.15, 0.2) is 54.6 Å². The van der Waals surface area contributed by atoms with E-state index in [1.54, 1.807) is 36.4 Å². The molecule has 1 aliphatic rings. The number of hydrogen-bond acceptors (Lipinski definition) is 6. The number of aliphatic hydroxyl groups is 1. The van der Waals surface area contributed by atoms with Crippen LogP contribution >= 0.6 is 11.6 Å². The second-order valence-corrected chi connectivity index (χ2v) is 8.95. The molecule has 1 atom stereocenters. The van der Waals surface area contributed by atoms with Crippen LogP contribution in [-0.2, 0) is 17.4 Å². The number of methoxy groups -OCH3 is 2. The number of carbonyl (C=O) groups is 1. The molecule has 0 radical (unpaired) electrons. The standard InChI is InChI=1S/C27H26ClF3N2O5/c1-36-20-13-19(14-21(15-20)38-10-9-34)32-25(22-6-5-18(28)12-24(22)37-2)26(35)33-8-7-16-3-4-17(11-23(16)33)27(29,30)31/h3-6,11-15,25,32,34H,7-10H2,1-2H3. The molecule has 0 saturated carbocycles. The number of hydrogen-bond donors (Lipinski definition) is 2. The molecule has 4 rings (SSSR count). The third kappa shape index (κ3) is 5.92. The first-order chi connectivity index (χ1) is 18.1. The van der Waals surface area contributed by atoms with E-state index in [9.17, 15) is 18.0 Å². The number of carbonyl (C=O) groups excluding carboxylic acids is 1. The summed E-state index contributed by atoms with van der Waals surface area (Å²) in [5, 5.41) is 12.7. The number of anilines is 2. The maximum absolute atomic E-state index is 14.0. The van der Waals surface area contributed by atoms with E-state index < -0.39 is 23.7 Å². The quantitative estimate of drug-likeness (QED) is 0.367. The van der Waals surface area contributed by atoms with Crippen LogP contribution in [0.5, 0.6) is 17.2 Å². The fraction of sp³-hybridized carbons (Fsp3) is 0.296. The van der Waals surface area contributed by atoms with Gasteiger partial charge in [-0.3, -0.25) is 4.79 Å². The van der Waals surface area contributed by atoms with E-state index in [-0.39, 0.29) is 25.4 Å². The predicted octanol–water partition coefficient (Wildman–Crippen LogP) is 5.49. The van der Waals surface area contributed by atoms with Gasteiger partial charge in [-0.1, -0.05) is 23.7 Å². The maximum atomic E-state index is 14.0. The normalized spacial score (nSPS) is 13.6. The second kappa shape index (κ2) is 11.4. The number of amides is 1. The molecular weight excluding hydrogens is 525 g/mol. The van der Waals surface area contributed by atoms with Crippen LogP contribution in [0.1, 0.15) is 22.7 Å². The highest BCUT2D eigenvalue weighted by Gasteiger charge is 2.36. The van der Waals surface area contributed by atoms with Gasteiger partial charge < -0.3 is 29.5 Å². The number of ether oxygens (including phenoxy) is 3. The summed E-state index contributed by atoms with van der Waals surface area (Å²) in [7, 11) is 2.91. The molecule has 202 valence electrons. The first kappa shape index (κ1) is 27.4. The van der Waals surface area contributed by atoms with Crippen LogP contribution in [0.25, 0.3) is 0 Å². The topological polar surface area (TPSA) is 80.3 Å². The van der Waals surface area contributed by atoms with Gasteiger partial charge >= 0.3 is 6.18 Å². The molecule has 7 nitrogen and oxygen atoms in total. The van der Waals surface area contributed by atoms with Crippen LogP contribution in [0.4, 0.5) is 24.5 Å². The van der Waals surface area contributed by atoms with Gasteiger partial charge in [-0.15, -0.1) is 0 Å². The zero-order chi connectivity index (χ0) is 27.4. The molecule has 0 spiro atoms. The number of aliphatic hydroxyl groups excluding tert-OH is 1. The lowest BCUT2D eigenvalue weighted by atomic mass is 10.0. The predicted molar refractivity (Wildman–Crippen MR) is 137 cm³/mol. The van der Waals surface area contributed by atoms with Gasteiger partial charge in [0.15, 0.2) is 0 Å². The molecule has 3 aromatic rings. The molecule has 0 aliphatic carbocycles. The molecule has 2 N–H and O–H groups in total. The highest BCUT2D eigenvalue weighted by atomic mass is 35.5. The zero-order valence-electron chi connectivity index (χ0n) is 20.6. The van der Waals surface area contributed by atoms with Crippen LogP contribution < -0.4 is 24.4 Å². The molecule has 1 unspecified atom stereocenters. The number of halogens is 4. The molecule has 11 heteroatoms. The smallest absolute Gasteiger partial charge is 0.416 e. The van der Waals surface area contributed by atoms with E-state index in [2.05, 4.69) is 5.32 Å². The van der Waals surface area contributed by atoms with Crippen molar-refractivity contribution in [1.82, 2.24) is 0 Å². The average Bonchev–Trinajstić information content (AvgIpc) is 3.33. The Bertz CT molecular complexity index is 1320. The van der Waals surface area contributed by atoms with Gasteiger partial charge in [0.05, 0.1) is 26.4 Å². The zero-order valence-corrected chi connectivity index (χ0v) is 21.4. The highest BCUT2D eigenvalue weighted by molar-refractivity contribution is 6.30. The Kier molecular flexibility index (Phi) is 8.23. The first-order valence-electron chi connectivity index (χ1n) is 11.7. The first-order valence-corrected chi connectivity index (χ1v) is 12.1. The van der Waals surface area contributed by atoms with Crippen molar-refractivity contribution in [3.05, 3.63) is 76.3 Å². The van der Waals surface area contributed by atoms with E-state index in [0.29, 0.717) is 45.5 Å². The monoisotopic (exact) mass is 550 g/mol. The van der Waals surface area contributed by atoms with Gasteiger partial charge in [0.25, 0.3) is 5.91 Å². The van der Waals surface area contributed by atoms with Gasteiger partial charge in [0, 0.05) is 46.7 Å². The van der Waals surface area contributed by atoms with E-state index in [0.717, 1.165) is 12.1 Å². The van der Waals surface area contributed by atoms with E-state index in [4.69, 9.17) is 30.9 Å². The molecule has 3 aromatic carbocycles. The SMILES string of the molecule is COc1cc(NC(C(=O)N2CCc3ccc(C(F)(F)F)cc32)c2ccc(Cl)cc2OC)cc(OCCO)c1. The Morgan fingerprint density at radius 3 is 2.53 bits per heavy atom. The second-order valence-electron chi connectivity index (χ2n) is 8.51. The van der Waals surface area contributed by atoms with Gasteiger partial charge in [0.1, 0.15) is 29.9 Å². The van der Waals surface area contributed by atoms with Crippen molar-refractivity contribution in [1.29, 1.82) is 0 Å². The molecule has 0 fully saturated rings. The average molecular weight is 551 g/mol. The molecular formula is C27H26ClF3N2O5. The summed E-state index contributed by atoms with van der Waals surface area (Å²) < 4.78 is 56.7. The minimum atomic E-state index is -4.55. The lowest BCUT2D eigenvalue weighted by molar-refractivity contribution is -0.137. The largest absolute Gasteiger partial charge is 0.497 e. The van der Waals surface area contributed by atoms with Crippen LogP contribution in [0.3, 0.4) is 0 Å². The van der Waals surface area contributed by atoms with Crippen molar-refractivity contribution in [2.75, 3.05) is 44.2 Å². The van der Waals surface area contributed by atoms with Crippen molar-refractivity contribution in [2.45, 2.75) is 18.6 Å². The molecule has 0 saturated heterocycles. The summed E-state index contributed by atoms with van der Waals surface area (Å²) in [6.45, 7) is 0.0654. The lowest BCUT2D eigenvalue weighted by Gasteiger charge is -2.27. The third-order valence-corrected chi connectivity index (χ3v) is 6.35. The van der Waals surface area contributed by atoms with E-state index in [1.165, 1.54) is 25.2 Å². The summed E-state index contributed by atoms with van der Waals surface area (Å²) in [5.74, 6) is 0.658. The number of nitrogens with one attached hydrogen (secondary N) is 1. The number of nitrogens with zero attached hydrogens (tertiary/aromatic N) is 1. The Morgan fingerprint density at radius 2 is 1.84 bits per heavy atom. The van der Waals surface area contributed by atoms with Crippen LogP contribution in [-0.4, -0.2) is 45.0 Å². The molecule has 1 aliphatic heterocycles. The van der Waals surface area contributed by atoms with Gasteiger partial charge in [-0.25, -0.2) is 0 Å². The summed E-state index contributed by atoms with van der Waals surface area (Å²) in [6, 6.07) is 12.0. The Hall–Kier alpha value is -3.63. The fourth-order valence-electron chi connectivity index (χ4n) is 4.32. The van der Waals surface area contributed by atoms with Gasteiger partial charge in [0.2, 0.25) is 0 Å². The Labute approximate surface area is 222 Å². The molecule has 0 aromatic heterocycles. The minimum Gasteiger partial charge on any atom is -0.497 e. The van der Waals surface area contributed by atoms with E-state index >= 15 is 0 Å². The van der Waals surface area contributed by atoms with Gasteiger partial charge in [-0.2, -0.15) is 13.2 Å². The van der Waals surface area contributed by atoms with Crippen molar-refractivity contribution < 1.29 is 37.3 Å². The lowest BCUT2D eigenvalue weighted by Crippen LogP contribution is -2.37. The third-order valence-electron chi connectivity index (χ3n) is 6.11. The Balaban J connectivity index is 1.77. The maximum Gasteiger partial charge on any atom is 0.416 e. The summed E-state index contributed by atoms with van der Waals surface area (Å²) in [4.78, 5) is 15.4. The summed E-state index contributed by atoms with van der Waals surface area (Å²) >= 11 is 6.15. The molecule has 1 amide bonds. The van der Waals surface area contributed by atoms with Crippen molar-refractivity contribution in [3.63, 3.8) is 0 Å². The summed E-state index contributed by atoms with van der Waals surface area (Å²) in [5.41, 5.74) is 0.901. The Morgan fingerprint density at radius 1 is 1.08 bits per heavy atom.